The van der Waals surface area contributed by atoms with Crippen molar-refractivity contribution in [2.45, 2.75) is 22.7 Å². The lowest BCUT2D eigenvalue weighted by molar-refractivity contribution is -0.137. The second-order valence-corrected chi connectivity index (χ2v) is 7.37. The standard InChI is InChI=1S/C18H13F3N2O4S/c19-18(20,21)9-1-4-14-11(5-9)23-17(25)15(28-14)7-16(24)22-10-2-3-12-13(6-10)27-8-26-12/h1-6,15H,7-8H2,(H,22,24)(H,23,25)/t15-/m0/s1. The first-order chi connectivity index (χ1) is 13.3. The Morgan fingerprint density at radius 3 is 2.75 bits per heavy atom. The first-order valence-electron chi connectivity index (χ1n) is 8.18. The largest absolute Gasteiger partial charge is 0.454 e. The van der Waals surface area contributed by atoms with Crippen LogP contribution in [-0.2, 0) is 15.8 Å². The highest BCUT2D eigenvalue weighted by Gasteiger charge is 2.34. The predicted molar refractivity (Wildman–Crippen MR) is 95.5 cm³/mol. The lowest BCUT2D eigenvalue weighted by atomic mass is 10.1. The Kier molecular flexibility index (Phi) is 4.58. The molecule has 2 aliphatic heterocycles. The number of rotatable bonds is 3. The van der Waals surface area contributed by atoms with Gasteiger partial charge in [-0.15, -0.1) is 11.8 Å². The number of nitrogens with one attached hydrogen (secondary N) is 2. The molecule has 0 aliphatic carbocycles. The Balaban J connectivity index is 1.43. The molecule has 28 heavy (non-hydrogen) atoms. The highest BCUT2D eigenvalue weighted by atomic mass is 32.2. The summed E-state index contributed by atoms with van der Waals surface area (Å²) in [5.41, 5.74) is -0.255. The van der Waals surface area contributed by atoms with Gasteiger partial charge in [-0.1, -0.05) is 0 Å². The molecule has 2 amide bonds. The summed E-state index contributed by atoms with van der Waals surface area (Å²) in [5, 5.41) is 4.37. The van der Waals surface area contributed by atoms with Crippen molar-refractivity contribution in [3.05, 3.63) is 42.0 Å². The van der Waals surface area contributed by atoms with E-state index in [9.17, 15) is 22.8 Å². The van der Waals surface area contributed by atoms with Crippen molar-refractivity contribution >= 4 is 35.0 Å². The minimum atomic E-state index is -4.49. The molecule has 6 nitrogen and oxygen atoms in total. The molecule has 2 N–H and O–H groups in total. The molecule has 2 aromatic rings. The van der Waals surface area contributed by atoms with Gasteiger partial charge >= 0.3 is 6.18 Å². The van der Waals surface area contributed by atoms with E-state index in [1.54, 1.807) is 18.2 Å². The van der Waals surface area contributed by atoms with Crippen LogP contribution in [0, 0.1) is 0 Å². The van der Waals surface area contributed by atoms with Crippen LogP contribution in [0.25, 0.3) is 0 Å². The first-order valence-corrected chi connectivity index (χ1v) is 9.06. The van der Waals surface area contributed by atoms with Gasteiger partial charge in [-0.05, 0) is 30.3 Å². The molecule has 2 aliphatic rings. The second kappa shape index (κ2) is 6.93. The van der Waals surface area contributed by atoms with Crippen LogP contribution in [-0.4, -0.2) is 23.9 Å². The van der Waals surface area contributed by atoms with E-state index in [0.717, 1.165) is 23.9 Å². The topological polar surface area (TPSA) is 76.7 Å². The van der Waals surface area contributed by atoms with E-state index in [1.807, 2.05) is 0 Å². The molecule has 0 radical (unpaired) electrons. The van der Waals surface area contributed by atoms with Gasteiger partial charge in [0.2, 0.25) is 18.6 Å². The number of thioether (sulfide) groups is 1. The Morgan fingerprint density at radius 1 is 1.18 bits per heavy atom. The molecule has 0 saturated heterocycles. The van der Waals surface area contributed by atoms with Gasteiger partial charge in [-0.2, -0.15) is 13.2 Å². The van der Waals surface area contributed by atoms with Crippen molar-refractivity contribution in [2.75, 3.05) is 17.4 Å². The fraction of sp³-hybridized carbons (Fsp3) is 0.222. The third-order valence-corrected chi connectivity index (χ3v) is 5.43. The molecule has 146 valence electrons. The van der Waals surface area contributed by atoms with Crippen LogP contribution < -0.4 is 20.1 Å². The number of hydrogen-bond donors (Lipinski definition) is 2. The van der Waals surface area contributed by atoms with Gasteiger partial charge < -0.3 is 20.1 Å². The fourth-order valence-electron chi connectivity index (χ4n) is 2.82. The number of carbonyl (C=O) groups is 2. The summed E-state index contributed by atoms with van der Waals surface area (Å²) >= 11 is 1.06. The SMILES string of the molecule is O=C(C[C@@H]1Sc2ccc(C(F)(F)F)cc2NC1=O)Nc1ccc2c(c1)OCO2. The van der Waals surface area contributed by atoms with Gasteiger partial charge in [-0.25, -0.2) is 0 Å². The van der Waals surface area contributed by atoms with Crippen LogP contribution >= 0.6 is 11.8 Å². The summed E-state index contributed by atoms with van der Waals surface area (Å²) in [4.78, 5) is 25.0. The number of halogens is 3. The summed E-state index contributed by atoms with van der Waals surface area (Å²) in [6, 6.07) is 8.06. The van der Waals surface area contributed by atoms with Crippen LogP contribution in [0.2, 0.25) is 0 Å². The molecule has 1 atom stereocenters. The van der Waals surface area contributed by atoms with Crippen molar-refractivity contribution in [3.63, 3.8) is 0 Å². The Bertz CT molecular complexity index is 964. The molecule has 0 saturated carbocycles. The maximum Gasteiger partial charge on any atom is 0.416 e. The Labute approximate surface area is 161 Å². The van der Waals surface area contributed by atoms with Crippen LogP contribution in [0.15, 0.2) is 41.3 Å². The molecular weight excluding hydrogens is 397 g/mol. The van der Waals surface area contributed by atoms with Crippen molar-refractivity contribution in [1.29, 1.82) is 0 Å². The monoisotopic (exact) mass is 410 g/mol. The van der Waals surface area contributed by atoms with E-state index in [2.05, 4.69) is 10.6 Å². The first kappa shape index (κ1) is 18.5. The summed E-state index contributed by atoms with van der Waals surface area (Å²) in [5.74, 6) is 0.173. The van der Waals surface area contributed by atoms with Gasteiger partial charge in [-0.3, -0.25) is 9.59 Å². The number of fused-ring (bicyclic) bond motifs is 2. The predicted octanol–water partition coefficient (Wildman–Crippen LogP) is 3.88. The molecule has 0 fully saturated rings. The number of ether oxygens (including phenoxy) is 2. The zero-order valence-electron chi connectivity index (χ0n) is 14.1. The summed E-state index contributed by atoms with van der Waals surface area (Å²) in [7, 11) is 0. The van der Waals surface area contributed by atoms with Gasteiger partial charge in [0.15, 0.2) is 11.5 Å². The highest BCUT2D eigenvalue weighted by molar-refractivity contribution is 8.01. The minimum Gasteiger partial charge on any atom is -0.454 e. The second-order valence-electron chi connectivity index (χ2n) is 6.12. The van der Waals surface area contributed by atoms with E-state index in [1.165, 1.54) is 6.07 Å². The number of carbonyl (C=O) groups excluding carboxylic acids is 2. The van der Waals surface area contributed by atoms with Crippen LogP contribution in [0.4, 0.5) is 24.5 Å². The van der Waals surface area contributed by atoms with E-state index in [0.29, 0.717) is 22.1 Å². The molecule has 2 heterocycles. The van der Waals surface area contributed by atoms with Gasteiger partial charge in [0.05, 0.1) is 16.5 Å². The van der Waals surface area contributed by atoms with Gasteiger partial charge in [0, 0.05) is 23.1 Å². The molecular formula is C18H13F3N2O4S. The molecule has 4 rings (SSSR count). The van der Waals surface area contributed by atoms with E-state index in [-0.39, 0.29) is 18.9 Å². The smallest absolute Gasteiger partial charge is 0.416 e. The molecule has 10 heteroatoms. The zero-order valence-corrected chi connectivity index (χ0v) is 14.9. The van der Waals surface area contributed by atoms with E-state index in [4.69, 9.17) is 9.47 Å². The maximum atomic E-state index is 12.8. The maximum absolute atomic E-state index is 12.8. The average Bonchev–Trinajstić information content (AvgIpc) is 3.09. The molecule has 0 aromatic heterocycles. The molecule has 0 unspecified atom stereocenters. The third-order valence-electron chi connectivity index (χ3n) is 4.15. The summed E-state index contributed by atoms with van der Waals surface area (Å²) in [6.07, 6.45) is -4.63. The number of hydrogen-bond acceptors (Lipinski definition) is 5. The van der Waals surface area contributed by atoms with Crippen LogP contribution in [0.1, 0.15) is 12.0 Å². The molecule has 0 spiro atoms. The summed E-state index contributed by atoms with van der Waals surface area (Å²) < 4.78 is 48.8. The number of alkyl halides is 3. The van der Waals surface area contributed by atoms with Crippen LogP contribution in [0.3, 0.4) is 0 Å². The van der Waals surface area contributed by atoms with Crippen molar-refractivity contribution in [3.8, 4) is 11.5 Å². The highest BCUT2D eigenvalue weighted by Crippen LogP contribution is 2.41. The Morgan fingerprint density at radius 2 is 1.96 bits per heavy atom. The third kappa shape index (κ3) is 3.72. The van der Waals surface area contributed by atoms with Crippen molar-refractivity contribution in [1.82, 2.24) is 0 Å². The van der Waals surface area contributed by atoms with Crippen molar-refractivity contribution < 1.29 is 32.2 Å². The molecule has 2 aromatic carbocycles. The quantitative estimate of drug-likeness (QED) is 0.803. The average molecular weight is 410 g/mol. The zero-order chi connectivity index (χ0) is 19.9. The fourth-order valence-corrected chi connectivity index (χ4v) is 3.91. The van der Waals surface area contributed by atoms with Gasteiger partial charge in [0.25, 0.3) is 0 Å². The minimum absolute atomic E-state index is 0.0947. The van der Waals surface area contributed by atoms with E-state index < -0.39 is 28.8 Å². The Hall–Kier alpha value is -2.88. The lowest BCUT2D eigenvalue weighted by Crippen LogP contribution is -2.32. The van der Waals surface area contributed by atoms with Crippen molar-refractivity contribution in [2.24, 2.45) is 0 Å². The summed E-state index contributed by atoms with van der Waals surface area (Å²) in [6.45, 7) is 0.112. The number of benzene rings is 2. The van der Waals surface area contributed by atoms with Gasteiger partial charge in [0.1, 0.15) is 0 Å². The normalized spacial score (nSPS) is 17.7. The van der Waals surface area contributed by atoms with E-state index >= 15 is 0 Å². The molecule has 0 bridgehead atoms. The van der Waals surface area contributed by atoms with Crippen LogP contribution in [0.5, 0.6) is 11.5 Å². The lowest BCUT2D eigenvalue weighted by Gasteiger charge is -2.24. The number of amides is 2. The number of anilines is 2.